The number of ether oxygens (including phenoxy) is 1. The molecule has 2 N–H and O–H groups in total. The van der Waals surface area contributed by atoms with E-state index < -0.39 is 11.5 Å². The highest BCUT2D eigenvalue weighted by Crippen LogP contribution is 2.32. The second-order valence-electron chi connectivity index (χ2n) is 5.16. The van der Waals surface area contributed by atoms with Crippen molar-refractivity contribution in [3.63, 3.8) is 0 Å². The van der Waals surface area contributed by atoms with Crippen LogP contribution in [0.4, 0.5) is 4.79 Å². The molecule has 0 atom stereocenters. The molecule has 6 heteroatoms. The molecule has 0 bridgehead atoms. The zero-order valence-corrected chi connectivity index (χ0v) is 11.1. The van der Waals surface area contributed by atoms with Crippen LogP contribution >= 0.6 is 0 Å². The van der Waals surface area contributed by atoms with Crippen LogP contribution in [0.2, 0.25) is 0 Å². The third-order valence-electron chi connectivity index (χ3n) is 3.88. The van der Waals surface area contributed by atoms with Crippen molar-refractivity contribution in [1.29, 1.82) is 0 Å². The molecule has 0 aromatic rings. The SMILES string of the molecule is COCC1=CCN(C(=O)NC2(C(=O)O)CCC2)CC1. The Hall–Kier alpha value is -1.56. The number of rotatable bonds is 4. The number of nitrogens with zero attached hydrogens (tertiary/aromatic N) is 1. The molecule has 0 aromatic heterocycles. The summed E-state index contributed by atoms with van der Waals surface area (Å²) in [5, 5.41) is 11.9. The van der Waals surface area contributed by atoms with Crippen molar-refractivity contribution < 1.29 is 19.4 Å². The Labute approximate surface area is 112 Å². The molecule has 1 saturated carbocycles. The van der Waals surface area contributed by atoms with Crippen molar-refractivity contribution in [3.05, 3.63) is 11.6 Å². The van der Waals surface area contributed by atoms with Gasteiger partial charge in [-0.15, -0.1) is 0 Å². The fourth-order valence-corrected chi connectivity index (χ4v) is 2.42. The Morgan fingerprint density at radius 1 is 1.53 bits per heavy atom. The van der Waals surface area contributed by atoms with E-state index in [1.165, 1.54) is 5.57 Å². The lowest BCUT2D eigenvalue weighted by Gasteiger charge is -2.40. The summed E-state index contributed by atoms with van der Waals surface area (Å²) in [6, 6.07) is -0.283. The van der Waals surface area contributed by atoms with Gasteiger partial charge >= 0.3 is 12.0 Å². The number of urea groups is 1. The Kier molecular flexibility index (Phi) is 4.09. The van der Waals surface area contributed by atoms with E-state index in [4.69, 9.17) is 4.74 Å². The monoisotopic (exact) mass is 268 g/mol. The van der Waals surface area contributed by atoms with E-state index in [0.717, 1.165) is 12.8 Å². The summed E-state index contributed by atoms with van der Waals surface area (Å²) in [6.45, 7) is 1.71. The second kappa shape index (κ2) is 5.61. The molecule has 0 spiro atoms. The van der Waals surface area contributed by atoms with Crippen LogP contribution in [0.25, 0.3) is 0 Å². The summed E-state index contributed by atoms with van der Waals surface area (Å²) in [5.74, 6) is -0.931. The fourth-order valence-electron chi connectivity index (χ4n) is 2.42. The first-order chi connectivity index (χ1) is 9.07. The predicted molar refractivity (Wildman–Crippen MR) is 68.9 cm³/mol. The lowest BCUT2D eigenvalue weighted by Crippen LogP contribution is -2.62. The minimum absolute atomic E-state index is 0.283. The highest BCUT2D eigenvalue weighted by Gasteiger charge is 2.46. The molecule has 19 heavy (non-hydrogen) atoms. The van der Waals surface area contributed by atoms with E-state index in [-0.39, 0.29) is 6.03 Å². The van der Waals surface area contributed by atoms with Crippen LogP contribution in [0.1, 0.15) is 25.7 Å². The first-order valence-electron chi connectivity index (χ1n) is 6.55. The smallest absolute Gasteiger partial charge is 0.329 e. The standard InChI is InChI=1S/C13H20N2O4/c1-19-9-10-3-7-15(8-4-10)12(18)14-13(11(16)17)5-2-6-13/h3H,2,4-9H2,1H3,(H,14,18)(H,16,17). The molecule has 1 fully saturated rings. The molecule has 2 rings (SSSR count). The van der Waals surface area contributed by atoms with Crippen molar-refractivity contribution in [2.75, 3.05) is 26.8 Å². The van der Waals surface area contributed by atoms with Gasteiger partial charge in [0.05, 0.1) is 6.61 Å². The molecule has 0 unspecified atom stereocenters. The van der Waals surface area contributed by atoms with Gasteiger partial charge in [0.1, 0.15) is 5.54 Å². The second-order valence-corrected chi connectivity index (χ2v) is 5.16. The van der Waals surface area contributed by atoms with Gasteiger partial charge < -0.3 is 20.1 Å². The molecule has 1 aliphatic carbocycles. The van der Waals surface area contributed by atoms with Crippen molar-refractivity contribution in [3.8, 4) is 0 Å². The Morgan fingerprint density at radius 2 is 2.26 bits per heavy atom. The number of hydrogen-bond donors (Lipinski definition) is 2. The van der Waals surface area contributed by atoms with Crippen LogP contribution in [0.5, 0.6) is 0 Å². The minimum Gasteiger partial charge on any atom is -0.480 e. The van der Waals surface area contributed by atoms with Crippen LogP contribution in [-0.2, 0) is 9.53 Å². The first kappa shape index (κ1) is 13.9. The van der Waals surface area contributed by atoms with Gasteiger partial charge in [-0.2, -0.15) is 0 Å². The molecule has 1 heterocycles. The van der Waals surface area contributed by atoms with Crippen LogP contribution in [0.15, 0.2) is 11.6 Å². The number of aliphatic carboxylic acids is 1. The Morgan fingerprint density at radius 3 is 2.68 bits per heavy atom. The van der Waals surface area contributed by atoms with Crippen LogP contribution in [0.3, 0.4) is 0 Å². The summed E-state index contributed by atoms with van der Waals surface area (Å²) >= 11 is 0. The van der Waals surface area contributed by atoms with Crippen molar-refractivity contribution in [2.24, 2.45) is 0 Å². The number of carboxylic acid groups (broad SMARTS) is 1. The topological polar surface area (TPSA) is 78.9 Å². The largest absolute Gasteiger partial charge is 0.480 e. The van der Waals surface area contributed by atoms with Gasteiger partial charge in [0.2, 0.25) is 0 Å². The molecular formula is C13H20N2O4. The lowest BCUT2D eigenvalue weighted by atomic mass is 9.77. The quantitative estimate of drug-likeness (QED) is 0.745. The Bertz CT molecular complexity index is 401. The molecule has 6 nitrogen and oxygen atoms in total. The van der Waals surface area contributed by atoms with Crippen LogP contribution in [-0.4, -0.2) is 54.4 Å². The highest BCUT2D eigenvalue weighted by atomic mass is 16.5. The number of methoxy groups -OCH3 is 1. The molecule has 106 valence electrons. The number of carbonyl (C=O) groups excluding carboxylic acids is 1. The van der Waals surface area contributed by atoms with Crippen molar-refractivity contribution in [1.82, 2.24) is 10.2 Å². The van der Waals surface area contributed by atoms with Crippen LogP contribution < -0.4 is 5.32 Å². The average molecular weight is 268 g/mol. The number of carbonyl (C=O) groups is 2. The minimum atomic E-state index is -1.03. The van der Waals surface area contributed by atoms with Gasteiger partial charge in [0, 0.05) is 20.2 Å². The van der Waals surface area contributed by atoms with Gasteiger partial charge in [-0.1, -0.05) is 6.08 Å². The number of amides is 2. The summed E-state index contributed by atoms with van der Waals surface area (Å²) in [7, 11) is 1.65. The predicted octanol–water partition coefficient (Wildman–Crippen LogP) is 0.982. The maximum Gasteiger partial charge on any atom is 0.329 e. The van der Waals surface area contributed by atoms with E-state index in [2.05, 4.69) is 5.32 Å². The van der Waals surface area contributed by atoms with E-state index in [1.807, 2.05) is 6.08 Å². The van der Waals surface area contributed by atoms with Crippen molar-refractivity contribution >= 4 is 12.0 Å². The van der Waals surface area contributed by atoms with E-state index in [1.54, 1.807) is 12.0 Å². The first-order valence-corrected chi connectivity index (χ1v) is 6.55. The molecule has 0 aromatic carbocycles. The maximum atomic E-state index is 12.1. The third kappa shape index (κ3) is 2.89. The molecule has 1 aliphatic heterocycles. The lowest BCUT2D eigenvalue weighted by molar-refractivity contribution is -0.148. The van der Waals surface area contributed by atoms with Gasteiger partial charge in [-0.3, -0.25) is 0 Å². The molecule has 0 saturated heterocycles. The average Bonchev–Trinajstić information content (AvgIpc) is 2.34. The van der Waals surface area contributed by atoms with Gasteiger partial charge in [0.15, 0.2) is 0 Å². The zero-order valence-electron chi connectivity index (χ0n) is 11.1. The van der Waals surface area contributed by atoms with E-state index in [9.17, 15) is 14.7 Å². The van der Waals surface area contributed by atoms with Gasteiger partial charge in [-0.25, -0.2) is 9.59 Å². The normalized spacial score (nSPS) is 21.3. The van der Waals surface area contributed by atoms with Crippen molar-refractivity contribution in [2.45, 2.75) is 31.2 Å². The van der Waals surface area contributed by atoms with Gasteiger partial charge in [0.25, 0.3) is 0 Å². The summed E-state index contributed by atoms with van der Waals surface area (Å²) < 4.78 is 5.05. The molecule has 2 aliphatic rings. The van der Waals surface area contributed by atoms with E-state index in [0.29, 0.717) is 32.5 Å². The highest BCUT2D eigenvalue weighted by molar-refractivity contribution is 5.87. The van der Waals surface area contributed by atoms with E-state index >= 15 is 0 Å². The number of hydrogen-bond acceptors (Lipinski definition) is 3. The molecule has 2 amide bonds. The Balaban J connectivity index is 1.90. The molecular weight excluding hydrogens is 248 g/mol. The third-order valence-corrected chi connectivity index (χ3v) is 3.88. The zero-order chi connectivity index (χ0) is 13.9. The number of nitrogens with one attached hydrogen (secondary N) is 1. The summed E-state index contributed by atoms with van der Waals surface area (Å²) in [5.41, 5.74) is 0.149. The van der Waals surface area contributed by atoms with Crippen LogP contribution in [0, 0.1) is 0 Å². The summed E-state index contributed by atoms with van der Waals surface area (Å²) in [6.07, 6.45) is 4.64. The maximum absolute atomic E-state index is 12.1. The summed E-state index contributed by atoms with van der Waals surface area (Å²) in [4.78, 5) is 24.9. The van der Waals surface area contributed by atoms with Gasteiger partial charge in [-0.05, 0) is 31.3 Å². The molecule has 0 radical (unpaired) electrons. The fraction of sp³-hybridized carbons (Fsp3) is 0.692. The number of carboxylic acids is 1.